The molecule has 7 rings (SSSR count). The fraction of sp³-hybridized carbons (Fsp3) is 0.156. The van der Waals surface area contributed by atoms with Gasteiger partial charge in [-0.15, -0.1) is 0 Å². The summed E-state index contributed by atoms with van der Waals surface area (Å²) < 4.78 is 22.2. The van der Waals surface area contributed by atoms with Crippen LogP contribution in [0.5, 0.6) is 0 Å². The molecular formula is C32H25FN6O3. The molecule has 3 heterocycles. The molecule has 208 valence electrons. The number of pyridine rings is 1. The monoisotopic (exact) mass is 560 g/mol. The number of aromatic nitrogens is 5. The van der Waals surface area contributed by atoms with Crippen LogP contribution in [-0.4, -0.2) is 30.7 Å². The zero-order valence-electron chi connectivity index (χ0n) is 22.6. The van der Waals surface area contributed by atoms with Gasteiger partial charge in [0, 0.05) is 29.8 Å². The second-order valence-electron chi connectivity index (χ2n) is 10.4. The molecular weight excluding hydrogens is 535 g/mol. The molecule has 0 saturated heterocycles. The van der Waals surface area contributed by atoms with Crippen LogP contribution in [0, 0.1) is 5.82 Å². The summed E-state index contributed by atoms with van der Waals surface area (Å²) in [7, 11) is 0. The molecule has 0 aliphatic heterocycles. The van der Waals surface area contributed by atoms with Gasteiger partial charge in [0.25, 0.3) is 5.56 Å². The van der Waals surface area contributed by atoms with Crippen molar-refractivity contribution in [3.63, 3.8) is 0 Å². The Bertz CT molecular complexity index is 2080. The highest BCUT2D eigenvalue weighted by Crippen LogP contribution is 2.41. The molecule has 3 aromatic carbocycles. The number of anilines is 1. The van der Waals surface area contributed by atoms with Crippen LogP contribution in [0.1, 0.15) is 36.8 Å². The van der Waals surface area contributed by atoms with Crippen LogP contribution in [0.3, 0.4) is 0 Å². The van der Waals surface area contributed by atoms with Crippen molar-refractivity contribution in [3.8, 4) is 28.2 Å². The highest BCUT2D eigenvalue weighted by molar-refractivity contribution is 6.02. The number of ether oxygens (including phenoxy) is 1. The fourth-order valence-electron chi connectivity index (χ4n) is 5.49. The van der Waals surface area contributed by atoms with E-state index < -0.39 is 17.3 Å². The Balaban J connectivity index is 1.48. The Kier molecular flexibility index (Phi) is 6.04. The number of rotatable bonds is 6. The number of fused-ring (bicyclic) bond motifs is 2. The molecule has 0 amide bonds. The maximum Gasteiger partial charge on any atom is 0.302 e. The number of hydrogen-bond acceptors (Lipinski definition) is 7. The van der Waals surface area contributed by atoms with Crippen LogP contribution in [0.4, 0.5) is 10.3 Å². The number of nitrogen functional groups attached to an aromatic ring is 1. The average molecular weight is 561 g/mol. The smallest absolute Gasteiger partial charge is 0.302 e. The van der Waals surface area contributed by atoms with Crippen LogP contribution < -0.4 is 11.3 Å². The molecule has 9 nitrogen and oxygen atoms in total. The number of aromatic amines is 1. The zero-order chi connectivity index (χ0) is 29.0. The van der Waals surface area contributed by atoms with E-state index >= 15 is 4.39 Å². The molecule has 3 N–H and O–H groups in total. The summed E-state index contributed by atoms with van der Waals surface area (Å²) in [4.78, 5) is 34.7. The van der Waals surface area contributed by atoms with Crippen molar-refractivity contribution < 1.29 is 13.9 Å². The van der Waals surface area contributed by atoms with Crippen molar-refractivity contribution in [1.82, 2.24) is 24.7 Å². The summed E-state index contributed by atoms with van der Waals surface area (Å²) in [6.07, 6.45) is 3.67. The molecule has 0 spiro atoms. The SMILES string of the molecule is CC(=O)OCc1c(-c2nc(N)nc3n[nH]c(-c4ccccc4)c23)cccc1-n1ccc2cc(C3CC3)cc(F)c2c1=O. The molecule has 1 saturated carbocycles. The number of carbonyl (C=O) groups is 1. The van der Waals surface area contributed by atoms with Gasteiger partial charge in [0.05, 0.1) is 27.8 Å². The Morgan fingerprint density at radius 3 is 2.64 bits per heavy atom. The van der Waals surface area contributed by atoms with Gasteiger partial charge in [-0.25, -0.2) is 9.37 Å². The molecule has 1 aliphatic carbocycles. The zero-order valence-corrected chi connectivity index (χ0v) is 22.6. The van der Waals surface area contributed by atoms with Crippen LogP contribution in [0.15, 0.2) is 77.7 Å². The molecule has 6 aromatic rings. The summed E-state index contributed by atoms with van der Waals surface area (Å²) in [6, 6.07) is 20.0. The number of hydrogen-bond donors (Lipinski definition) is 2. The van der Waals surface area contributed by atoms with Crippen molar-refractivity contribution in [2.75, 3.05) is 5.73 Å². The van der Waals surface area contributed by atoms with E-state index in [2.05, 4.69) is 20.2 Å². The molecule has 42 heavy (non-hydrogen) atoms. The molecule has 1 fully saturated rings. The van der Waals surface area contributed by atoms with E-state index in [9.17, 15) is 9.59 Å². The molecule has 0 atom stereocenters. The number of carbonyl (C=O) groups excluding carboxylic acids is 1. The highest BCUT2D eigenvalue weighted by Gasteiger charge is 2.26. The highest BCUT2D eigenvalue weighted by atomic mass is 19.1. The Morgan fingerprint density at radius 1 is 1.07 bits per heavy atom. The number of esters is 1. The van der Waals surface area contributed by atoms with Gasteiger partial charge in [0.2, 0.25) is 5.95 Å². The van der Waals surface area contributed by atoms with Crippen molar-refractivity contribution >= 4 is 33.7 Å². The van der Waals surface area contributed by atoms with E-state index in [0.717, 1.165) is 24.0 Å². The minimum atomic E-state index is -0.553. The van der Waals surface area contributed by atoms with Crippen molar-refractivity contribution in [1.29, 1.82) is 0 Å². The first-order chi connectivity index (χ1) is 20.4. The lowest BCUT2D eigenvalue weighted by atomic mass is 9.98. The minimum absolute atomic E-state index is 0.000564. The summed E-state index contributed by atoms with van der Waals surface area (Å²) in [5.41, 5.74) is 10.3. The van der Waals surface area contributed by atoms with Crippen LogP contribution in [-0.2, 0) is 16.1 Å². The van der Waals surface area contributed by atoms with E-state index in [0.29, 0.717) is 50.5 Å². The van der Waals surface area contributed by atoms with Crippen LogP contribution >= 0.6 is 0 Å². The van der Waals surface area contributed by atoms with Gasteiger partial charge < -0.3 is 10.5 Å². The second kappa shape index (κ2) is 9.91. The van der Waals surface area contributed by atoms with E-state index in [-0.39, 0.29) is 17.9 Å². The van der Waals surface area contributed by atoms with Crippen LogP contribution in [0.2, 0.25) is 0 Å². The third-order valence-electron chi connectivity index (χ3n) is 7.61. The predicted octanol–water partition coefficient (Wildman–Crippen LogP) is 5.65. The quantitative estimate of drug-likeness (QED) is 0.252. The Hall–Kier alpha value is -5.38. The van der Waals surface area contributed by atoms with Gasteiger partial charge in [-0.1, -0.05) is 48.5 Å². The van der Waals surface area contributed by atoms with Crippen LogP contribution in [0.25, 0.3) is 50.0 Å². The molecule has 1 aliphatic rings. The van der Waals surface area contributed by atoms with Gasteiger partial charge >= 0.3 is 5.97 Å². The Labute approximate surface area is 238 Å². The number of H-pyrrole nitrogens is 1. The van der Waals surface area contributed by atoms with Crippen molar-refractivity contribution in [3.05, 3.63) is 100 Å². The van der Waals surface area contributed by atoms with E-state index in [1.54, 1.807) is 30.5 Å². The fourth-order valence-corrected chi connectivity index (χ4v) is 5.49. The number of nitrogens with zero attached hydrogens (tertiary/aromatic N) is 4. The second-order valence-corrected chi connectivity index (χ2v) is 10.4. The summed E-state index contributed by atoms with van der Waals surface area (Å²) >= 11 is 0. The summed E-state index contributed by atoms with van der Waals surface area (Å²) in [6.45, 7) is 1.14. The van der Waals surface area contributed by atoms with Gasteiger partial charge in [-0.2, -0.15) is 10.1 Å². The van der Waals surface area contributed by atoms with E-state index in [4.69, 9.17) is 10.5 Å². The Morgan fingerprint density at radius 2 is 1.88 bits per heavy atom. The first kappa shape index (κ1) is 25.6. The van der Waals surface area contributed by atoms with Gasteiger partial charge in [0.15, 0.2) is 5.65 Å². The van der Waals surface area contributed by atoms with E-state index in [1.165, 1.54) is 17.6 Å². The first-order valence-corrected chi connectivity index (χ1v) is 13.6. The lowest BCUT2D eigenvalue weighted by Crippen LogP contribution is -2.21. The third kappa shape index (κ3) is 4.37. The molecule has 3 aromatic heterocycles. The first-order valence-electron chi connectivity index (χ1n) is 13.6. The third-order valence-corrected chi connectivity index (χ3v) is 7.61. The number of halogens is 1. The van der Waals surface area contributed by atoms with Gasteiger partial charge in [0.1, 0.15) is 12.4 Å². The van der Waals surface area contributed by atoms with Gasteiger partial charge in [-0.05, 0) is 47.9 Å². The minimum Gasteiger partial charge on any atom is -0.461 e. The average Bonchev–Trinajstić information content (AvgIpc) is 3.75. The lowest BCUT2D eigenvalue weighted by Gasteiger charge is -2.18. The van der Waals surface area contributed by atoms with Crippen molar-refractivity contribution in [2.45, 2.75) is 32.3 Å². The number of nitrogens with two attached hydrogens (primary N) is 1. The molecule has 0 radical (unpaired) electrons. The largest absolute Gasteiger partial charge is 0.461 e. The van der Waals surface area contributed by atoms with E-state index in [1.807, 2.05) is 36.4 Å². The standard InChI is InChI=1S/C32H25FN6O3/c1-17(40)42-16-23-22(29-27-28(19-6-3-2-4-7-19)37-38-30(27)36-32(34)35-29)8-5-9-25(23)39-13-12-20-14-21(18-10-11-18)15-24(33)26(20)31(39)41/h2-9,12-15,18H,10-11,16H2,1H3,(H3,34,35,36,37,38). The maximum absolute atomic E-state index is 15.4. The normalized spacial score (nSPS) is 13.1. The number of benzene rings is 3. The molecule has 0 bridgehead atoms. The number of nitrogens with one attached hydrogen (secondary N) is 1. The van der Waals surface area contributed by atoms with Gasteiger partial charge in [-0.3, -0.25) is 19.3 Å². The predicted molar refractivity (Wildman–Crippen MR) is 157 cm³/mol. The summed E-state index contributed by atoms with van der Waals surface area (Å²) in [5, 5.41) is 8.58. The molecule has 0 unspecified atom stereocenters. The molecule has 10 heteroatoms. The summed E-state index contributed by atoms with van der Waals surface area (Å²) in [5.74, 6) is -0.702. The lowest BCUT2D eigenvalue weighted by molar-refractivity contribution is -0.142. The topological polar surface area (TPSA) is 129 Å². The van der Waals surface area contributed by atoms with Crippen molar-refractivity contribution in [2.24, 2.45) is 0 Å². The maximum atomic E-state index is 15.4.